The Morgan fingerprint density at radius 3 is 2.41 bits per heavy atom. The van der Waals surface area contributed by atoms with Crippen molar-refractivity contribution in [2.75, 3.05) is 0 Å². The fraction of sp³-hybridized carbons (Fsp3) is 0.333. The number of benzene rings is 2. The van der Waals surface area contributed by atoms with Crippen molar-refractivity contribution in [1.29, 1.82) is 0 Å². The highest BCUT2D eigenvalue weighted by atomic mass is 32.2. The number of thioether (sulfide) groups is 1. The van der Waals surface area contributed by atoms with Crippen LogP contribution in [0.5, 0.6) is 0 Å². The zero-order valence-electron chi connectivity index (χ0n) is 16.4. The van der Waals surface area contributed by atoms with Gasteiger partial charge in [-0.15, -0.1) is 0 Å². The summed E-state index contributed by atoms with van der Waals surface area (Å²) < 4.78 is 2.28. The average Bonchev–Trinajstić information content (AvgIpc) is 3.50. The molecule has 1 saturated carbocycles. The van der Waals surface area contributed by atoms with Crippen LogP contribution in [0.1, 0.15) is 47.9 Å². The lowest BCUT2D eigenvalue weighted by atomic mass is 10.0. The van der Waals surface area contributed by atoms with Gasteiger partial charge >= 0.3 is 0 Å². The van der Waals surface area contributed by atoms with Crippen LogP contribution in [-0.2, 0) is 17.6 Å². The summed E-state index contributed by atoms with van der Waals surface area (Å²) in [6.45, 7) is 0. The first-order chi connectivity index (χ1) is 14.3. The van der Waals surface area contributed by atoms with Gasteiger partial charge in [0, 0.05) is 17.4 Å². The van der Waals surface area contributed by atoms with E-state index in [1.807, 2.05) is 36.4 Å². The molecule has 1 fully saturated rings. The van der Waals surface area contributed by atoms with Crippen molar-refractivity contribution in [2.24, 2.45) is 0 Å². The lowest BCUT2D eigenvalue weighted by Crippen LogP contribution is -2.30. The number of rotatable bonds is 6. The zero-order chi connectivity index (χ0) is 19.6. The molecule has 0 radical (unpaired) electrons. The molecule has 29 heavy (non-hydrogen) atoms. The van der Waals surface area contributed by atoms with E-state index in [1.54, 1.807) is 11.8 Å². The third kappa shape index (κ3) is 3.97. The second-order valence-electron chi connectivity index (χ2n) is 7.86. The van der Waals surface area contributed by atoms with E-state index in [1.165, 1.54) is 24.2 Å². The summed E-state index contributed by atoms with van der Waals surface area (Å²) in [5.41, 5.74) is 4.65. The number of hydrogen-bond donors (Lipinski definition) is 1. The van der Waals surface area contributed by atoms with Crippen LogP contribution >= 0.6 is 11.8 Å². The molecule has 5 heteroatoms. The molecule has 2 aliphatic carbocycles. The van der Waals surface area contributed by atoms with Crippen molar-refractivity contribution in [3.63, 3.8) is 0 Å². The van der Waals surface area contributed by atoms with E-state index in [9.17, 15) is 4.79 Å². The maximum absolute atomic E-state index is 13.1. The van der Waals surface area contributed by atoms with E-state index in [0.717, 1.165) is 42.1 Å². The topological polar surface area (TPSA) is 46.9 Å². The number of imidazole rings is 1. The van der Waals surface area contributed by atoms with Gasteiger partial charge in [-0.2, -0.15) is 0 Å². The smallest absolute Gasteiger partial charge is 0.238 e. The second-order valence-corrected chi connectivity index (χ2v) is 8.93. The molecule has 148 valence electrons. The third-order valence-electron chi connectivity index (χ3n) is 5.60. The molecule has 1 atom stereocenters. The van der Waals surface area contributed by atoms with Crippen LogP contribution in [0, 0.1) is 0 Å². The largest absolute Gasteiger partial charge is 0.352 e. The Kier molecular flexibility index (Phi) is 5.15. The molecule has 2 aromatic carbocycles. The van der Waals surface area contributed by atoms with E-state index in [-0.39, 0.29) is 11.2 Å². The number of aryl methyl sites for hydroxylation is 1. The van der Waals surface area contributed by atoms with E-state index in [0.29, 0.717) is 6.04 Å². The first kappa shape index (κ1) is 18.5. The highest BCUT2D eigenvalue weighted by Gasteiger charge is 2.31. The predicted octanol–water partition coefficient (Wildman–Crippen LogP) is 4.86. The molecule has 2 aliphatic rings. The van der Waals surface area contributed by atoms with Crippen LogP contribution in [0.2, 0.25) is 0 Å². The molecule has 1 amide bonds. The number of amides is 1. The lowest BCUT2D eigenvalue weighted by Gasteiger charge is -2.19. The summed E-state index contributed by atoms with van der Waals surface area (Å²) in [4.78, 5) is 18.1. The molecule has 0 bridgehead atoms. The highest BCUT2D eigenvalue weighted by molar-refractivity contribution is 8.00. The molecular weight excluding hydrogens is 378 g/mol. The van der Waals surface area contributed by atoms with Gasteiger partial charge in [-0.05, 0) is 56.2 Å². The van der Waals surface area contributed by atoms with Crippen LogP contribution in [-0.4, -0.2) is 21.5 Å². The maximum atomic E-state index is 13.1. The minimum atomic E-state index is -0.303. The van der Waals surface area contributed by atoms with Crippen LogP contribution in [0.3, 0.4) is 0 Å². The van der Waals surface area contributed by atoms with E-state index in [2.05, 4.69) is 34.1 Å². The molecule has 0 saturated heterocycles. The molecule has 3 aromatic rings. The summed E-state index contributed by atoms with van der Waals surface area (Å²) in [5.74, 6) is 0.0873. The van der Waals surface area contributed by atoms with Gasteiger partial charge in [0.25, 0.3) is 0 Å². The van der Waals surface area contributed by atoms with Gasteiger partial charge in [-0.3, -0.25) is 9.36 Å². The number of carbonyl (C=O) groups is 1. The standard InChI is InChI=1S/C24H25N3OS/c28-23(25-18-15-16-18)22(17-9-3-1-4-10-17)29-24-26-20-13-7-8-14-21(20)27(24)19-11-5-2-6-12-19/h1-6,9-12,18,22H,7-8,13-16H2,(H,25,28)/t22-/m0/s1. The molecule has 0 spiro atoms. The van der Waals surface area contributed by atoms with Crippen LogP contribution in [0.25, 0.3) is 5.69 Å². The second kappa shape index (κ2) is 8.07. The van der Waals surface area contributed by atoms with Crippen molar-refractivity contribution >= 4 is 17.7 Å². The summed E-state index contributed by atoms with van der Waals surface area (Å²) in [6.07, 6.45) is 6.62. The fourth-order valence-electron chi connectivity index (χ4n) is 3.95. The Morgan fingerprint density at radius 2 is 1.69 bits per heavy atom. The van der Waals surface area contributed by atoms with Gasteiger partial charge in [-0.1, -0.05) is 60.3 Å². The van der Waals surface area contributed by atoms with Crippen LogP contribution in [0.4, 0.5) is 0 Å². The monoisotopic (exact) mass is 403 g/mol. The predicted molar refractivity (Wildman–Crippen MR) is 116 cm³/mol. The zero-order valence-corrected chi connectivity index (χ0v) is 17.2. The molecule has 0 unspecified atom stereocenters. The average molecular weight is 404 g/mol. The molecule has 1 aromatic heterocycles. The van der Waals surface area contributed by atoms with E-state index in [4.69, 9.17) is 4.98 Å². The summed E-state index contributed by atoms with van der Waals surface area (Å²) in [5, 5.41) is 3.81. The van der Waals surface area contributed by atoms with Crippen molar-refractivity contribution in [2.45, 2.75) is 55.0 Å². The Labute approximate surface area is 175 Å². The quantitative estimate of drug-likeness (QED) is 0.598. The number of hydrogen-bond acceptors (Lipinski definition) is 3. The highest BCUT2D eigenvalue weighted by Crippen LogP contribution is 2.39. The van der Waals surface area contributed by atoms with Gasteiger partial charge in [0.1, 0.15) is 5.25 Å². The SMILES string of the molecule is O=C(NC1CC1)[C@@H](Sc1nc2c(n1-c1ccccc1)CCCC2)c1ccccc1. The Bertz CT molecular complexity index is 996. The minimum Gasteiger partial charge on any atom is -0.352 e. The first-order valence-electron chi connectivity index (χ1n) is 10.5. The maximum Gasteiger partial charge on any atom is 0.238 e. The van der Waals surface area contributed by atoms with Gasteiger partial charge in [-0.25, -0.2) is 4.98 Å². The van der Waals surface area contributed by atoms with Crippen molar-refractivity contribution in [3.8, 4) is 5.69 Å². The van der Waals surface area contributed by atoms with Crippen molar-refractivity contribution in [1.82, 2.24) is 14.9 Å². The normalized spacial score (nSPS) is 16.8. The number of carbonyl (C=O) groups excluding carboxylic acids is 1. The lowest BCUT2D eigenvalue weighted by molar-refractivity contribution is -0.120. The van der Waals surface area contributed by atoms with Gasteiger partial charge in [0.15, 0.2) is 5.16 Å². The molecule has 1 heterocycles. The minimum absolute atomic E-state index is 0.0873. The Balaban J connectivity index is 1.54. The Morgan fingerprint density at radius 1 is 1.00 bits per heavy atom. The number of nitrogens with zero attached hydrogens (tertiary/aromatic N) is 2. The molecule has 5 rings (SSSR count). The molecular formula is C24H25N3OS. The van der Waals surface area contributed by atoms with Gasteiger partial charge in [0.2, 0.25) is 5.91 Å². The molecule has 0 aliphatic heterocycles. The van der Waals surface area contributed by atoms with Gasteiger partial charge in [0.05, 0.1) is 5.69 Å². The summed E-state index contributed by atoms with van der Waals surface area (Å²) in [7, 11) is 0. The van der Waals surface area contributed by atoms with Gasteiger partial charge < -0.3 is 5.32 Å². The Hall–Kier alpha value is -2.53. The van der Waals surface area contributed by atoms with Crippen molar-refractivity contribution < 1.29 is 4.79 Å². The van der Waals surface area contributed by atoms with Crippen molar-refractivity contribution in [3.05, 3.63) is 77.6 Å². The number of nitrogens with one attached hydrogen (secondary N) is 1. The number of para-hydroxylation sites is 1. The molecule has 1 N–H and O–H groups in total. The summed E-state index contributed by atoms with van der Waals surface area (Å²) >= 11 is 1.57. The first-order valence-corrected chi connectivity index (χ1v) is 11.4. The van der Waals surface area contributed by atoms with E-state index >= 15 is 0 Å². The molecule has 4 nitrogen and oxygen atoms in total. The number of fused-ring (bicyclic) bond motifs is 1. The van der Waals surface area contributed by atoms with Crippen LogP contribution in [0.15, 0.2) is 65.8 Å². The number of aromatic nitrogens is 2. The third-order valence-corrected chi connectivity index (χ3v) is 6.81. The summed E-state index contributed by atoms with van der Waals surface area (Å²) in [6, 6.07) is 20.8. The fourth-order valence-corrected chi connectivity index (χ4v) is 5.11. The van der Waals surface area contributed by atoms with Crippen LogP contribution < -0.4 is 5.32 Å². The van der Waals surface area contributed by atoms with E-state index < -0.39 is 0 Å².